The summed E-state index contributed by atoms with van der Waals surface area (Å²) in [5.41, 5.74) is 0. The molecule has 0 amide bonds. The molecular weight excluding hydrogens is 190 g/mol. The zero-order valence-electron chi connectivity index (χ0n) is 9.95. The summed E-state index contributed by atoms with van der Waals surface area (Å²) in [7, 11) is 0. The minimum Gasteiger partial charge on any atom is -0.396 e. The number of hydrogen-bond acceptors (Lipinski definition) is 3. The van der Waals surface area contributed by atoms with Crippen LogP contribution in [0.2, 0.25) is 0 Å². The average Bonchev–Trinajstić information content (AvgIpc) is 2.75. The lowest BCUT2D eigenvalue weighted by molar-refractivity contribution is 0.0741. The third-order valence-electron chi connectivity index (χ3n) is 3.07. The summed E-state index contributed by atoms with van der Waals surface area (Å²) in [6, 6.07) is 0. The van der Waals surface area contributed by atoms with Gasteiger partial charge in [-0.15, -0.1) is 0 Å². The molecule has 1 aliphatic rings. The van der Waals surface area contributed by atoms with E-state index in [0.29, 0.717) is 12.7 Å². The molecule has 1 unspecified atom stereocenters. The Balaban J connectivity index is 2.06. The van der Waals surface area contributed by atoms with E-state index in [9.17, 15) is 0 Å². The van der Waals surface area contributed by atoms with Gasteiger partial charge in [0.1, 0.15) is 0 Å². The van der Waals surface area contributed by atoms with Crippen LogP contribution in [0.4, 0.5) is 0 Å². The van der Waals surface area contributed by atoms with Gasteiger partial charge in [0.25, 0.3) is 0 Å². The van der Waals surface area contributed by atoms with Crippen molar-refractivity contribution in [1.82, 2.24) is 4.90 Å². The molecule has 0 aromatic rings. The van der Waals surface area contributed by atoms with Crippen LogP contribution in [0.25, 0.3) is 0 Å². The van der Waals surface area contributed by atoms with Crippen LogP contribution in [0, 0.1) is 0 Å². The number of ether oxygens (including phenoxy) is 1. The molecule has 0 aliphatic carbocycles. The third kappa shape index (κ3) is 5.50. The van der Waals surface area contributed by atoms with Crippen LogP contribution in [0.15, 0.2) is 0 Å². The molecule has 1 heterocycles. The molecule has 15 heavy (non-hydrogen) atoms. The maximum absolute atomic E-state index is 8.68. The highest BCUT2D eigenvalue weighted by Crippen LogP contribution is 2.13. The largest absolute Gasteiger partial charge is 0.396 e. The van der Waals surface area contributed by atoms with Gasteiger partial charge in [-0.3, -0.25) is 0 Å². The van der Waals surface area contributed by atoms with Crippen LogP contribution in [-0.2, 0) is 4.74 Å². The molecule has 0 saturated carbocycles. The second kappa shape index (κ2) is 8.08. The fraction of sp³-hybridized carbons (Fsp3) is 1.00. The van der Waals surface area contributed by atoms with Crippen LogP contribution < -0.4 is 0 Å². The summed E-state index contributed by atoms with van der Waals surface area (Å²) in [4.78, 5) is 2.47. The Morgan fingerprint density at radius 1 is 1.33 bits per heavy atom. The van der Waals surface area contributed by atoms with E-state index in [1.807, 2.05) is 0 Å². The van der Waals surface area contributed by atoms with Gasteiger partial charge in [-0.25, -0.2) is 0 Å². The average molecular weight is 215 g/mol. The minimum absolute atomic E-state index is 0.331. The van der Waals surface area contributed by atoms with Crippen LogP contribution >= 0.6 is 0 Å². The first-order valence-electron chi connectivity index (χ1n) is 6.31. The fourth-order valence-electron chi connectivity index (χ4n) is 2.08. The lowest BCUT2D eigenvalue weighted by Gasteiger charge is -2.23. The van der Waals surface area contributed by atoms with Crippen LogP contribution in [0.5, 0.6) is 0 Å². The minimum atomic E-state index is 0.331. The van der Waals surface area contributed by atoms with Crippen molar-refractivity contribution >= 4 is 0 Å². The number of likely N-dealkylation sites (N-methyl/N-ethyl adjacent to an activating group) is 1. The SMILES string of the molecule is CCN(CCCCCO)CC1CCCO1. The van der Waals surface area contributed by atoms with Crippen LogP contribution in [-0.4, -0.2) is 49.0 Å². The summed E-state index contributed by atoms with van der Waals surface area (Å²) in [5.74, 6) is 0. The summed E-state index contributed by atoms with van der Waals surface area (Å²) in [6.45, 7) is 6.84. The molecule has 0 aromatic heterocycles. The first kappa shape index (κ1) is 12.9. The van der Waals surface area contributed by atoms with Gasteiger partial charge < -0.3 is 14.7 Å². The molecule has 1 fully saturated rings. The number of rotatable bonds is 8. The zero-order valence-corrected chi connectivity index (χ0v) is 9.95. The van der Waals surface area contributed by atoms with Crippen LogP contribution in [0.3, 0.4) is 0 Å². The number of aliphatic hydroxyl groups is 1. The highest BCUT2D eigenvalue weighted by atomic mass is 16.5. The Bertz CT molecular complexity index is 147. The van der Waals surface area contributed by atoms with Gasteiger partial charge in [-0.2, -0.15) is 0 Å². The van der Waals surface area contributed by atoms with Crippen molar-refractivity contribution in [2.24, 2.45) is 0 Å². The van der Waals surface area contributed by atoms with Crippen molar-refractivity contribution in [3.05, 3.63) is 0 Å². The van der Waals surface area contributed by atoms with Crippen molar-refractivity contribution in [2.75, 3.05) is 32.8 Å². The molecular formula is C12H25NO2. The molecule has 1 saturated heterocycles. The van der Waals surface area contributed by atoms with Crippen molar-refractivity contribution in [3.63, 3.8) is 0 Å². The first-order chi connectivity index (χ1) is 7.36. The summed E-state index contributed by atoms with van der Waals surface area (Å²) in [6.07, 6.45) is 6.21. The highest BCUT2D eigenvalue weighted by Gasteiger charge is 2.17. The van der Waals surface area contributed by atoms with Crippen molar-refractivity contribution in [1.29, 1.82) is 0 Å². The van der Waals surface area contributed by atoms with Crippen molar-refractivity contribution in [3.8, 4) is 0 Å². The van der Waals surface area contributed by atoms with E-state index in [1.54, 1.807) is 0 Å². The maximum Gasteiger partial charge on any atom is 0.0702 e. The Morgan fingerprint density at radius 3 is 2.80 bits per heavy atom. The van der Waals surface area contributed by atoms with E-state index >= 15 is 0 Å². The quantitative estimate of drug-likeness (QED) is 0.625. The van der Waals surface area contributed by atoms with E-state index in [0.717, 1.165) is 39.1 Å². The Morgan fingerprint density at radius 2 is 2.20 bits per heavy atom. The molecule has 90 valence electrons. The van der Waals surface area contributed by atoms with E-state index in [4.69, 9.17) is 9.84 Å². The van der Waals surface area contributed by atoms with Gasteiger partial charge in [-0.1, -0.05) is 6.92 Å². The van der Waals surface area contributed by atoms with E-state index in [-0.39, 0.29) is 0 Å². The lowest BCUT2D eigenvalue weighted by atomic mass is 10.2. The van der Waals surface area contributed by atoms with Gasteiger partial charge in [0.05, 0.1) is 6.10 Å². The van der Waals surface area contributed by atoms with Gasteiger partial charge in [0.2, 0.25) is 0 Å². The second-order valence-electron chi connectivity index (χ2n) is 4.31. The molecule has 0 aromatic carbocycles. The van der Waals surface area contributed by atoms with Crippen molar-refractivity contribution < 1.29 is 9.84 Å². The number of unbranched alkanes of at least 4 members (excludes halogenated alkanes) is 2. The second-order valence-corrected chi connectivity index (χ2v) is 4.31. The fourth-order valence-corrected chi connectivity index (χ4v) is 2.08. The molecule has 3 heteroatoms. The molecule has 0 spiro atoms. The molecule has 1 atom stereocenters. The number of nitrogens with zero attached hydrogens (tertiary/aromatic N) is 1. The van der Waals surface area contributed by atoms with E-state index in [1.165, 1.54) is 19.3 Å². The maximum atomic E-state index is 8.68. The topological polar surface area (TPSA) is 32.7 Å². The Hall–Kier alpha value is -0.120. The predicted octanol–water partition coefficient (Wildman–Crippen LogP) is 1.65. The summed E-state index contributed by atoms with van der Waals surface area (Å²) in [5, 5.41) is 8.68. The summed E-state index contributed by atoms with van der Waals surface area (Å²) >= 11 is 0. The number of aliphatic hydroxyl groups excluding tert-OH is 1. The van der Waals surface area contributed by atoms with Gasteiger partial charge in [0, 0.05) is 19.8 Å². The molecule has 1 N–H and O–H groups in total. The molecule has 3 nitrogen and oxygen atoms in total. The number of hydrogen-bond donors (Lipinski definition) is 1. The molecule has 0 bridgehead atoms. The molecule has 1 rings (SSSR count). The van der Waals surface area contributed by atoms with E-state index < -0.39 is 0 Å². The van der Waals surface area contributed by atoms with Gasteiger partial charge in [-0.05, 0) is 45.2 Å². The van der Waals surface area contributed by atoms with Gasteiger partial charge >= 0.3 is 0 Å². The zero-order chi connectivity index (χ0) is 10.9. The van der Waals surface area contributed by atoms with Crippen LogP contribution in [0.1, 0.15) is 39.0 Å². The van der Waals surface area contributed by atoms with E-state index in [2.05, 4.69) is 11.8 Å². The normalized spacial score (nSPS) is 21.4. The Kier molecular flexibility index (Phi) is 6.98. The smallest absolute Gasteiger partial charge is 0.0702 e. The first-order valence-corrected chi connectivity index (χ1v) is 6.31. The third-order valence-corrected chi connectivity index (χ3v) is 3.07. The monoisotopic (exact) mass is 215 g/mol. The predicted molar refractivity (Wildman–Crippen MR) is 62.0 cm³/mol. The lowest BCUT2D eigenvalue weighted by Crippen LogP contribution is -2.32. The van der Waals surface area contributed by atoms with Crippen molar-refractivity contribution in [2.45, 2.75) is 45.1 Å². The molecule has 0 radical (unpaired) electrons. The summed E-state index contributed by atoms with van der Waals surface area (Å²) < 4.78 is 5.63. The Labute approximate surface area is 93.4 Å². The standard InChI is InChI=1S/C12H25NO2/c1-2-13(8-4-3-5-9-14)11-12-7-6-10-15-12/h12,14H,2-11H2,1H3. The highest BCUT2D eigenvalue weighted by molar-refractivity contribution is 4.69. The molecule has 1 aliphatic heterocycles. The van der Waals surface area contributed by atoms with Gasteiger partial charge in [0.15, 0.2) is 0 Å².